The van der Waals surface area contributed by atoms with Gasteiger partial charge in [0.25, 0.3) is 0 Å². The average Bonchev–Trinajstić information content (AvgIpc) is 2.65. The fraction of sp³-hybridized carbons (Fsp3) is 0.800. The lowest BCUT2D eigenvalue weighted by Crippen LogP contribution is -2.51. The van der Waals surface area contributed by atoms with Gasteiger partial charge in [-0.15, -0.1) is 0 Å². The summed E-state index contributed by atoms with van der Waals surface area (Å²) in [5, 5.41) is 8.48. The molecule has 1 heterocycles. The van der Waals surface area contributed by atoms with Crippen LogP contribution in [0.25, 0.3) is 0 Å². The van der Waals surface area contributed by atoms with Crippen molar-refractivity contribution in [1.82, 2.24) is 4.90 Å². The quantitative estimate of drug-likeness (QED) is 0.616. The molecule has 2 atom stereocenters. The summed E-state index contributed by atoms with van der Waals surface area (Å²) in [5.74, 6) is -0.0345. The molecule has 2 unspecified atom stereocenters. The van der Waals surface area contributed by atoms with E-state index in [0.29, 0.717) is 13.2 Å². The van der Waals surface area contributed by atoms with Crippen LogP contribution in [0.15, 0.2) is 0 Å². The molecule has 4 nitrogen and oxygen atoms in total. The molecule has 0 aromatic heterocycles. The Morgan fingerprint density at radius 2 is 2.43 bits per heavy atom. The number of carbonyl (C=O) groups is 1. The van der Waals surface area contributed by atoms with Crippen molar-refractivity contribution in [2.75, 3.05) is 13.2 Å². The molecule has 0 aromatic carbocycles. The molecule has 2 fully saturated rings. The normalized spacial score (nSPS) is 30.9. The molecule has 14 heavy (non-hydrogen) atoms. The van der Waals surface area contributed by atoms with Crippen molar-refractivity contribution in [1.29, 1.82) is 5.26 Å². The van der Waals surface area contributed by atoms with Gasteiger partial charge in [-0.25, -0.2) is 0 Å². The van der Waals surface area contributed by atoms with Crippen molar-refractivity contribution in [2.45, 2.75) is 37.8 Å². The van der Waals surface area contributed by atoms with Gasteiger partial charge in [0.15, 0.2) is 0 Å². The molecule has 0 N–H and O–H groups in total. The van der Waals surface area contributed by atoms with Crippen LogP contribution in [-0.4, -0.2) is 36.1 Å². The highest BCUT2D eigenvalue weighted by molar-refractivity contribution is 5.78. The SMILES string of the molecule is N#CCC(=O)N1CCOC2CCCC21. The Morgan fingerprint density at radius 3 is 3.21 bits per heavy atom. The molecule has 4 heteroatoms. The Hall–Kier alpha value is -1.08. The van der Waals surface area contributed by atoms with Crippen LogP contribution in [0.3, 0.4) is 0 Å². The molecule has 2 aliphatic rings. The molecule has 2 rings (SSSR count). The summed E-state index contributed by atoms with van der Waals surface area (Å²) in [6.45, 7) is 1.28. The first-order chi connectivity index (χ1) is 6.83. The van der Waals surface area contributed by atoms with Crippen LogP contribution in [0, 0.1) is 11.3 Å². The van der Waals surface area contributed by atoms with E-state index in [4.69, 9.17) is 10.00 Å². The predicted molar refractivity (Wildman–Crippen MR) is 49.3 cm³/mol. The largest absolute Gasteiger partial charge is 0.374 e. The smallest absolute Gasteiger partial charge is 0.237 e. The maximum atomic E-state index is 11.6. The fourth-order valence-electron chi connectivity index (χ4n) is 2.40. The number of ether oxygens (including phenoxy) is 1. The van der Waals surface area contributed by atoms with Crippen molar-refractivity contribution >= 4 is 5.91 Å². The lowest BCUT2D eigenvalue weighted by atomic mass is 10.1. The molecule has 1 saturated carbocycles. The number of hydrogen-bond donors (Lipinski definition) is 0. The van der Waals surface area contributed by atoms with Gasteiger partial charge in [0.2, 0.25) is 5.91 Å². The number of fused-ring (bicyclic) bond motifs is 1. The van der Waals surface area contributed by atoms with E-state index in [0.717, 1.165) is 19.3 Å². The number of morpholine rings is 1. The van der Waals surface area contributed by atoms with Crippen LogP contribution in [-0.2, 0) is 9.53 Å². The van der Waals surface area contributed by atoms with Gasteiger partial charge in [0, 0.05) is 6.54 Å². The zero-order chi connectivity index (χ0) is 9.97. The summed E-state index contributed by atoms with van der Waals surface area (Å²) < 4.78 is 5.58. The molecule has 1 aliphatic heterocycles. The van der Waals surface area contributed by atoms with Crippen LogP contribution in [0.1, 0.15) is 25.7 Å². The highest BCUT2D eigenvalue weighted by Crippen LogP contribution is 2.29. The van der Waals surface area contributed by atoms with E-state index in [1.807, 2.05) is 11.0 Å². The first kappa shape index (κ1) is 9.47. The van der Waals surface area contributed by atoms with Crippen LogP contribution in [0.2, 0.25) is 0 Å². The minimum absolute atomic E-state index is 0.00319. The number of nitriles is 1. The first-order valence-corrected chi connectivity index (χ1v) is 5.11. The third-order valence-corrected chi connectivity index (χ3v) is 3.03. The number of carbonyl (C=O) groups excluding carboxylic acids is 1. The maximum absolute atomic E-state index is 11.6. The Morgan fingerprint density at radius 1 is 1.57 bits per heavy atom. The van der Waals surface area contributed by atoms with E-state index in [1.165, 1.54) is 0 Å². The van der Waals surface area contributed by atoms with Gasteiger partial charge in [-0.2, -0.15) is 5.26 Å². The van der Waals surface area contributed by atoms with Gasteiger partial charge in [0.05, 0.1) is 24.8 Å². The van der Waals surface area contributed by atoms with Gasteiger partial charge in [-0.05, 0) is 19.3 Å². The Kier molecular flexibility index (Phi) is 2.69. The van der Waals surface area contributed by atoms with E-state index >= 15 is 0 Å². The molecule has 0 aromatic rings. The molecule has 1 amide bonds. The lowest BCUT2D eigenvalue weighted by Gasteiger charge is -2.37. The van der Waals surface area contributed by atoms with E-state index in [-0.39, 0.29) is 24.5 Å². The van der Waals surface area contributed by atoms with E-state index in [1.54, 1.807) is 0 Å². The van der Waals surface area contributed by atoms with E-state index in [2.05, 4.69) is 0 Å². The Labute approximate surface area is 83.4 Å². The Balaban J connectivity index is 2.03. The van der Waals surface area contributed by atoms with Crippen molar-refractivity contribution in [3.63, 3.8) is 0 Å². The van der Waals surface area contributed by atoms with Crippen LogP contribution in [0.5, 0.6) is 0 Å². The zero-order valence-corrected chi connectivity index (χ0v) is 8.11. The fourth-order valence-corrected chi connectivity index (χ4v) is 2.40. The predicted octanol–water partition coefficient (Wildman–Crippen LogP) is 0.680. The summed E-state index contributed by atoms with van der Waals surface area (Å²) in [6.07, 6.45) is 3.45. The summed E-state index contributed by atoms with van der Waals surface area (Å²) in [5.41, 5.74) is 0. The monoisotopic (exact) mass is 194 g/mol. The maximum Gasteiger partial charge on any atom is 0.237 e. The summed E-state index contributed by atoms with van der Waals surface area (Å²) in [6, 6.07) is 2.15. The van der Waals surface area contributed by atoms with Crippen LogP contribution < -0.4 is 0 Å². The molecule has 1 saturated heterocycles. The van der Waals surface area contributed by atoms with Crippen LogP contribution in [0.4, 0.5) is 0 Å². The summed E-state index contributed by atoms with van der Waals surface area (Å²) in [7, 11) is 0. The van der Waals surface area contributed by atoms with Crippen molar-refractivity contribution in [2.24, 2.45) is 0 Å². The lowest BCUT2D eigenvalue weighted by molar-refractivity contribution is -0.142. The third kappa shape index (κ3) is 1.60. The zero-order valence-electron chi connectivity index (χ0n) is 8.11. The highest BCUT2D eigenvalue weighted by atomic mass is 16.5. The van der Waals surface area contributed by atoms with Gasteiger partial charge >= 0.3 is 0 Å². The number of hydrogen-bond acceptors (Lipinski definition) is 3. The second kappa shape index (κ2) is 3.97. The summed E-state index contributed by atoms with van der Waals surface area (Å²) in [4.78, 5) is 13.4. The third-order valence-electron chi connectivity index (χ3n) is 3.03. The Bertz CT molecular complexity index is 272. The molecule has 0 radical (unpaired) electrons. The molecular formula is C10H14N2O2. The topological polar surface area (TPSA) is 53.3 Å². The minimum Gasteiger partial charge on any atom is -0.374 e. The van der Waals surface area contributed by atoms with E-state index < -0.39 is 0 Å². The number of amides is 1. The average molecular weight is 194 g/mol. The van der Waals surface area contributed by atoms with Gasteiger partial charge in [-0.1, -0.05) is 0 Å². The first-order valence-electron chi connectivity index (χ1n) is 5.11. The molecule has 1 aliphatic carbocycles. The van der Waals surface area contributed by atoms with E-state index in [9.17, 15) is 4.79 Å². The highest BCUT2D eigenvalue weighted by Gasteiger charge is 2.37. The molecule has 76 valence electrons. The summed E-state index contributed by atoms with van der Waals surface area (Å²) >= 11 is 0. The second-order valence-corrected chi connectivity index (χ2v) is 3.83. The molecule has 0 spiro atoms. The van der Waals surface area contributed by atoms with Crippen molar-refractivity contribution in [3.8, 4) is 6.07 Å². The van der Waals surface area contributed by atoms with Gasteiger partial charge in [0.1, 0.15) is 6.42 Å². The van der Waals surface area contributed by atoms with Gasteiger partial charge < -0.3 is 9.64 Å². The number of rotatable bonds is 1. The van der Waals surface area contributed by atoms with Gasteiger partial charge in [-0.3, -0.25) is 4.79 Å². The second-order valence-electron chi connectivity index (χ2n) is 3.83. The van der Waals surface area contributed by atoms with Crippen molar-refractivity contribution in [3.05, 3.63) is 0 Å². The molecule has 0 bridgehead atoms. The van der Waals surface area contributed by atoms with Crippen molar-refractivity contribution < 1.29 is 9.53 Å². The van der Waals surface area contributed by atoms with Crippen LogP contribution >= 0.6 is 0 Å². The standard InChI is InChI=1S/C10H14N2O2/c11-5-4-10(13)12-6-7-14-9-3-1-2-8(9)12/h8-9H,1-4,6-7H2. The molecular weight excluding hydrogens is 180 g/mol. The minimum atomic E-state index is -0.0345. The number of nitrogens with zero attached hydrogens (tertiary/aromatic N) is 2.